The van der Waals surface area contributed by atoms with E-state index in [0.29, 0.717) is 26.1 Å². The van der Waals surface area contributed by atoms with E-state index in [9.17, 15) is 14.7 Å². The number of hydrogen-bond donors (Lipinski definition) is 2. The normalized spacial score (nSPS) is 24.5. The standard InChI is InChI=1S/C22H26N2O4/c25-19-12-18(23-13-20(19)28-15-16-6-2-1-3-7-16)21(26)24-11-10-22(27)9-5-4-8-17(22)14-24/h1-3,6-7,12-13,17,27H,4-5,8-11,14-15H2,(H,23,25)/t17-,22+/m0/s1. The Morgan fingerprint density at radius 1 is 1.25 bits per heavy atom. The average molecular weight is 382 g/mol. The molecule has 1 aliphatic heterocycles. The molecule has 1 aromatic carbocycles. The number of aromatic nitrogens is 1. The Bertz CT molecular complexity index is 895. The second kappa shape index (κ2) is 7.80. The maximum atomic E-state index is 12.9. The minimum Gasteiger partial charge on any atom is -0.483 e. The monoisotopic (exact) mass is 382 g/mol. The Morgan fingerprint density at radius 3 is 2.86 bits per heavy atom. The van der Waals surface area contributed by atoms with Crippen LogP contribution < -0.4 is 10.2 Å². The number of benzene rings is 1. The zero-order valence-electron chi connectivity index (χ0n) is 15.9. The number of ether oxygens (including phenoxy) is 1. The highest BCUT2D eigenvalue weighted by Crippen LogP contribution is 2.39. The van der Waals surface area contributed by atoms with E-state index in [1.54, 1.807) is 4.90 Å². The van der Waals surface area contributed by atoms with Crippen LogP contribution in [0, 0.1) is 5.92 Å². The highest BCUT2D eigenvalue weighted by atomic mass is 16.5. The molecule has 0 radical (unpaired) electrons. The second-order valence-corrected chi connectivity index (χ2v) is 7.90. The lowest BCUT2D eigenvalue weighted by molar-refractivity contribution is -0.0886. The zero-order chi connectivity index (χ0) is 19.6. The molecule has 0 bridgehead atoms. The molecule has 2 atom stereocenters. The average Bonchev–Trinajstić information content (AvgIpc) is 2.72. The number of H-pyrrole nitrogens is 1. The molecule has 6 nitrogen and oxygen atoms in total. The SMILES string of the molecule is O=C(c1cc(=O)c(OCc2ccccc2)c[nH]1)N1CC[C@]2(O)CCCC[C@H]2C1. The summed E-state index contributed by atoms with van der Waals surface area (Å²) in [6.45, 7) is 1.35. The number of fused-ring (bicyclic) bond motifs is 1. The zero-order valence-corrected chi connectivity index (χ0v) is 15.9. The summed E-state index contributed by atoms with van der Waals surface area (Å²) in [5.41, 5.74) is 0.287. The number of carbonyl (C=O) groups is 1. The molecule has 0 unspecified atom stereocenters. The first-order valence-electron chi connectivity index (χ1n) is 9.96. The third-order valence-corrected chi connectivity index (χ3v) is 6.06. The van der Waals surface area contributed by atoms with Crippen molar-refractivity contribution in [1.29, 1.82) is 0 Å². The van der Waals surface area contributed by atoms with E-state index in [1.165, 1.54) is 12.3 Å². The van der Waals surface area contributed by atoms with Crippen LogP contribution in [0.5, 0.6) is 5.75 Å². The van der Waals surface area contributed by atoms with Gasteiger partial charge in [-0.05, 0) is 24.8 Å². The molecular weight excluding hydrogens is 356 g/mol. The van der Waals surface area contributed by atoms with Crippen LogP contribution in [0.4, 0.5) is 0 Å². The van der Waals surface area contributed by atoms with Crippen molar-refractivity contribution in [2.75, 3.05) is 13.1 Å². The Kier molecular flexibility index (Phi) is 5.22. The molecule has 4 rings (SSSR count). The molecule has 2 fully saturated rings. The van der Waals surface area contributed by atoms with E-state index >= 15 is 0 Å². The van der Waals surface area contributed by atoms with E-state index in [1.807, 2.05) is 30.3 Å². The number of pyridine rings is 1. The van der Waals surface area contributed by atoms with Gasteiger partial charge in [0.05, 0.1) is 5.60 Å². The summed E-state index contributed by atoms with van der Waals surface area (Å²) in [6.07, 6.45) is 5.98. The van der Waals surface area contributed by atoms with E-state index in [0.717, 1.165) is 31.2 Å². The molecule has 1 amide bonds. The van der Waals surface area contributed by atoms with Crippen LogP contribution in [0.3, 0.4) is 0 Å². The summed E-state index contributed by atoms with van der Waals surface area (Å²) in [5.74, 6) is 0.124. The third-order valence-electron chi connectivity index (χ3n) is 6.06. The minimum atomic E-state index is -0.627. The van der Waals surface area contributed by atoms with E-state index < -0.39 is 5.60 Å². The number of carbonyl (C=O) groups excluding carboxylic acids is 1. The summed E-state index contributed by atoms with van der Waals surface area (Å²) in [5, 5.41) is 10.8. The smallest absolute Gasteiger partial charge is 0.270 e. The van der Waals surface area contributed by atoms with Crippen molar-refractivity contribution >= 4 is 5.91 Å². The van der Waals surface area contributed by atoms with Crippen LogP contribution in [0.25, 0.3) is 0 Å². The number of piperidine rings is 1. The Hall–Kier alpha value is -2.60. The molecule has 1 saturated carbocycles. The number of amides is 1. The van der Waals surface area contributed by atoms with Crippen LogP contribution >= 0.6 is 0 Å². The quantitative estimate of drug-likeness (QED) is 0.852. The predicted molar refractivity (Wildman–Crippen MR) is 105 cm³/mol. The molecule has 2 heterocycles. The van der Waals surface area contributed by atoms with Gasteiger partial charge in [-0.3, -0.25) is 9.59 Å². The van der Waals surface area contributed by atoms with E-state index in [-0.39, 0.29) is 28.7 Å². The van der Waals surface area contributed by atoms with Gasteiger partial charge < -0.3 is 19.7 Å². The maximum Gasteiger partial charge on any atom is 0.270 e. The molecular formula is C22H26N2O4. The molecule has 1 saturated heterocycles. The lowest BCUT2D eigenvalue weighted by atomic mass is 9.71. The van der Waals surface area contributed by atoms with Crippen LogP contribution in [-0.2, 0) is 6.61 Å². The molecule has 2 aromatic rings. The first-order valence-corrected chi connectivity index (χ1v) is 9.96. The molecule has 1 aliphatic carbocycles. The molecule has 2 N–H and O–H groups in total. The molecule has 6 heteroatoms. The predicted octanol–water partition coefficient (Wildman–Crippen LogP) is 2.72. The molecule has 28 heavy (non-hydrogen) atoms. The van der Waals surface area contributed by atoms with Crippen molar-refractivity contribution < 1.29 is 14.6 Å². The number of aromatic amines is 1. The van der Waals surface area contributed by atoms with Crippen molar-refractivity contribution in [3.63, 3.8) is 0 Å². The lowest BCUT2D eigenvalue weighted by Crippen LogP contribution is -2.54. The summed E-state index contributed by atoms with van der Waals surface area (Å²) in [4.78, 5) is 29.9. The van der Waals surface area contributed by atoms with Gasteiger partial charge >= 0.3 is 0 Å². The molecule has 2 aliphatic rings. The van der Waals surface area contributed by atoms with Gasteiger partial charge in [0.1, 0.15) is 12.3 Å². The van der Waals surface area contributed by atoms with E-state index in [4.69, 9.17) is 4.74 Å². The number of nitrogens with zero attached hydrogens (tertiary/aromatic N) is 1. The molecule has 148 valence electrons. The summed E-state index contributed by atoms with van der Waals surface area (Å²) in [7, 11) is 0. The van der Waals surface area contributed by atoms with Crippen LogP contribution in [0.1, 0.15) is 48.2 Å². The van der Waals surface area contributed by atoms with Crippen molar-refractivity contribution in [2.45, 2.75) is 44.3 Å². The van der Waals surface area contributed by atoms with Gasteiger partial charge in [-0.15, -0.1) is 0 Å². The van der Waals surface area contributed by atoms with E-state index in [2.05, 4.69) is 4.98 Å². The van der Waals surface area contributed by atoms with Gasteiger partial charge in [0.2, 0.25) is 5.43 Å². The number of likely N-dealkylation sites (tertiary alicyclic amines) is 1. The maximum absolute atomic E-state index is 12.9. The summed E-state index contributed by atoms with van der Waals surface area (Å²) >= 11 is 0. The fourth-order valence-electron chi connectivity index (χ4n) is 4.36. The van der Waals surface area contributed by atoms with Crippen molar-refractivity contribution in [2.24, 2.45) is 5.92 Å². The van der Waals surface area contributed by atoms with Gasteiger partial charge in [-0.2, -0.15) is 0 Å². The Labute approximate surface area is 164 Å². The first kappa shape index (κ1) is 18.7. The van der Waals surface area contributed by atoms with Crippen LogP contribution in [0.2, 0.25) is 0 Å². The number of rotatable bonds is 4. The largest absolute Gasteiger partial charge is 0.483 e. The lowest BCUT2D eigenvalue weighted by Gasteiger charge is -2.47. The minimum absolute atomic E-state index is 0.124. The Balaban J connectivity index is 1.42. The highest BCUT2D eigenvalue weighted by Gasteiger charge is 2.43. The fraction of sp³-hybridized carbons (Fsp3) is 0.455. The summed E-state index contributed by atoms with van der Waals surface area (Å²) < 4.78 is 5.59. The summed E-state index contributed by atoms with van der Waals surface area (Å²) in [6, 6.07) is 10.9. The molecule has 1 aromatic heterocycles. The van der Waals surface area contributed by atoms with Gasteiger partial charge in [0, 0.05) is 31.3 Å². The van der Waals surface area contributed by atoms with Gasteiger partial charge in [0.15, 0.2) is 5.75 Å². The molecule has 0 spiro atoms. The second-order valence-electron chi connectivity index (χ2n) is 7.90. The van der Waals surface area contributed by atoms with Crippen LogP contribution in [-0.4, -0.2) is 39.6 Å². The topological polar surface area (TPSA) is 82.6 Å². The number of aliphatic hydroxyl groups is 1. The third kappa shape index (κ3) is 3.83. The van der Waals surface area contributed by atoms with Gasteiger partial charge in [0.25, 0.3) is 5.91 Å². The van der Waals surface area contributed by atoms with Crippen molar-refractivity contribution in [3.8, 4) is 5.75 Å². The highest BCUT2D eigenvalue weighted by molar-refractivity contribution is 5.92. The number of nitrogens with one attached hydrogen (secondary N) is 1. The van der Waals surface area contributed by atoms with Crippen molar-refractivity contribution in [1.82, 2.24) is 9.88 Å². The van der Waals surface area contributed by atoms with Gasteiger partial charge in [-0.25, -0.2) is 0 Å². The number of hydrogen-bond acceptors (Lipinski definition) is 4. The Morgan fingerprint density at radius 2 is 2.07 bits per heavy atom. The van der Waals surface area contributed by atoms with Crippen molar-refractivity contribution in [3.05, 3.63) is 64.1 Å². The van der Waals surface area contributed by atoms with Gasteiger partial charge in [-0.1, -0.05) is 43.2 Å². The van der Waals surface area contributed by atoms with Crippen LogP contribution in [0.15, 0.2) is 47.4 Å². The first-order chi connectivity index (χ1) is 13.5. The fourth-order valence-corrected chi connectivity index (χ4v) is 4.36.